The van der Waals surface area contributed by atoms with E-state index in [1.807, 2.05) is 48.5 Å². The van der Waals surface area contributed by atoms with Crippen LogP contribution >= 0.6 is 0 Å². The summed E-state index contributed by atoms with van der Waals surface area (Å²) in [6.07, 6.45) is 0. The first-order valence-corrected chi connectivity index (χ1v) is 11.0. The third-order valence-corrected chi connectivity index (χ3v) is 5.19. The number of hydrazone groups is 1. The molecule has 0 aliphatic carbocycles. The average molecular weight is 483 g/mol. The Hall–Kier alpha value is -5.12. The lowest BCUT2D eigenvalue weighted by molar-refractivity contribution is -0.384. The van der Waals surface area contributed by atoms with E-state index in [1.54, 1.807) is 19.1 Å². The number of carbonyl (C=O) groups is 2. The molecule has 0 fully saturated rings. The summed E-state index contributed by atoms with van der Waals surface area (Å²) in [4.78, 5) is 35.8. The van der Waals surface area contributed by atoms with Gasteiger partial charge in [-0.15, -0.1) is 0 Å². The molecule has 0 spiro atoms. The maximum atomic E-state index is 12.8. The van der Waals surface area contributed by atoms with Gasteiger partial charge in [-0.2, -0.15) is 10.2 Å². The number of esters is 1. The predicted octanol–water partition coefficient (Wildman–Crippen LogP) is 4.34. The van der Waals surface area contributed by atoms with Gasteiger partial charge in [0.2, 0.25) is 0 Å². The molecule has 0 saturated heterocycles. The molecule has 0 bridgehead atoms. The lowest BCUT2D eigenvalue weighted by Gasteiger charge is -2.10. The molecule has 0 atom stereocenters. The van der Waals surface area contributed by atoms with Gasteiger partial charge >= 0.3 is 5.97 Å². The molecule has 0 aliphatic heterocycles. The van der Waals surface area contributed by atoms with E-state index in [9.17, 15) is 19.7 Å². The largest absolute Gasteiger partial charge is 0.461 e. The van der Waals surface area contributed by atoms with E-state index >= 15 is 0 Å². The van der Waals surface area contributed by atoms with Gasteiger partial charge in [0.1, 0.15) is 11.4 Å². The number of amides is 1. The fraction of sp³-hybridized carbons (Fsp3) is 0.0769. The molecule has 36 heavy (non-hydrogen) atoms. The van der Waals surface area contributed by atoms with Crippen molar-refractivity contribution in [1.82, 2.24) is 15.6 Å². The van der Waals surface area contributed by atoms with Crippen molar-refractivity contribution in [3.05, 3.63) is 118 Å². The standard InChI is InChI=1S/C26H21N5O5/c1-2-36-26(33)24-21(17-9-5-3-6-10-17)23(28-29-24)22(18-11-7-4-8-12-18)27-30-25(32)19-13-15-20(16-14-19)31(34)35/h3-16H,2H2,1H3,(H,28,29)(H,30,32)/b27-22+. The van der Waals surface area contributed by atoms with E-state index in [2.05, 4.69) is 20.7 Å². The smallest absolute Gasteiger partial charge is 0.357 e. The summed E-state index contributed by atoms with van der Waals surface area (Å²) in [5.41, 5.74) is 5.16. The Morgan fingerprint density at radius 2 is 1.61 bits per heavy atom. The SMILES string of the molecule is CCOC(=O)c1[nH]nc(/C(=N/NC(=O)c2ccc([N+](=O)[O-])cc2)c2ccccc2)c1-c1ccccc1. The fourth-order valence-corrected chi connectivity index (χ4v) is 3.51. The van der Waals surface area contributed by atoms with Gasteiger partial charge in [-0.3, -0.25) is 20.0 Å². The van der Waals surface area contributed by atoms with Crippen LogP contribution in [0.5, 0.6) is 0 Å². The summed E-state index contributed by atoms with van der Waals surface area (Å²) in [6, 6.07) is 23.4. The van der Waals surface area contributed by atoms with Gasteiger partial charge in [-0.25, -0.2) is 10.2 Å². The number of H-pyrrole nitrogens is 1. The number of nitro groups is 1. The van der Waals surface area contributed by atoms with Crippen molar-refractivity contribution in [3.8, 4) is 11.1 Å². The zero-order valence-corrected chi connectivity index (χ0v) is 19.2. The van der Waals surface area contributed by atoms with Gasteiger partial charge in [0, 0.05) is 28.8 Å². The van der Waals surface area contributed by atoms with Crippen LogP contribution < -0.4 is 5.43 Å². The Balaban J connectivity index is 1.79. The molecule has 4 aromatic rings. The van der Waals surface area contributed by atoms with Gasteiger partial charge in [0.25, 0.3) is 11.6 Å². The molecular weight excluding hydrogens is 462 g/mol. The number of carbonyl (C=O) groups excluding carboxylic acids is 2. The van der Waals surface area contributed by atoms with Crippen LogP contribution in [-0.2, 0) is 4.74 Å². The summed E-state index contributed by atoms with van der Waals surface area (Å²) < 4.78 is 5.20. The second kappa shape index (κ2) is 10.9. The van der Waals surface area contributed by atoms with Gasteiger partial charge in [-0.1, -0.05) is 60.7 Å². The van der Waals surface area contributed by atoms with Crippen LogP contribution in [0, 0.1) is 10.1 Å². The molecule has 0 radical (unpaired) electrons. The van der Waals surface area contributed by atoms with E-state index in [1.165, 1.54) is 24.3 Å². The zero-order chi connectivity index (χ0) is 25.5. The van der Waals surface area contributed by atoms with Crippen LogP contribution in [0.3, 0.4) is 0 Å². The van der Waals surface area contributed by atoms with Gasteiger partial charge in [-0.05, 0) is 24.6 Å². The highest BCUT2D eigenvalue weighted by molar-refractivity contribution is 6.17. The Kier molecular flexibility index (Phi) is 7.25. The van der Waals surface area contributed by atoms with Crippen LogP contribution in [0.1, 0.15) is 39.0 Å². The third kappa shape index (κ3) is 5.17. The normalized spacial score (nSPS) is 11.1. The van der Waals surface area contributed by atoms with Crippen LogP contribution in [0.25, 0.3) is 11.1 Å². The lowest BCUT2D eigenvalue weighted by atomic mass is 9.97. The molecule has 0 saturated carbocycles. The minimum atomic E-state index is -0.572. The van der Waals surface area contributed by atoms with Crippen molar-refractivity contribution in [2.45, 2.75) is 6.92 Å². The average Bonchev–Trinajstić information content (AvgIpc) is 3.35. The minimum Gasteiger partial charge on any atom is -0.461 e. The molecule has 1 amide bonds. The molecular formula is C26H21N5O5. The maximum Gasteiger partial charge on any atom is 0.357 e. The number of aromatic amines is 1. The van der Waals surface area contributed by atoms with Crippen molar-refractivity contribution < 1.29 is 19.2 Å². The van der Waals surface area contributed by atoms with E-state index in [-0.39, 0.29) is 23.6 Å². The number of non-ortho nitro benzene ring substituents is 1. The topological polar surface area (TPSA) is 140 Å². The molecule has 4 rings (SSSR count). The number of rotatable bonds is 8. The maximum absolute atomic E-state index is 12.8. The highest BCUT2D eigenvalue weighted by atomic mass is 16.6. The number of aromatic nitrogens is 2. The molecule has 0 unspecified atom stereocenters. The Bertz CT molecular complexity index is 1410. The van der Waals surface area contributed by atoms with Crippen molar-refractivity contribution in [3.63, 3.8) is 0 Å². The number of nitro benzene ring substituents is 1. The summed E-state index contributed by atoms with van der Waals surface area (Å²) in [7, 11) is 0. The van der Waals surface area contributed by atoms with E-state index in [4.69, 9.17) is 4.74 Å². The summed E-state index contributed by atoms with van der Waals surface area (Å²) in [6.45, 7) is 1.90. The zero-order valence-electron chi connectivity index (χ0n) is 19.2. The Morgan fingerprint density at radius 1 is 0.972 bits per heavy atom. The molecule has 3 aromatic carbocycles. The molecule has 1 heterocycles. The van der Waals surface area contributed by atoms with Gasteiger partial charge in [0.05, 0.1) is 11.5 Å². The summed E-state index contributed by atoms with van der Waals surface area (Å²) in [5.74, 6) is -1.14. The van der Waals surface area contributed by atoms with E-state index < -0.39 is 16.8 Å². The minimum absolute atomic E-state index is 0.129. The van der Waals surface area contributed by atoms with E-state index in [0.29, 0.717) is 28.1 Å². The second-order valence-corrected chi connectivity index (χ2v) is 7.48. The Labute approximate surface area is 205 Å². The van der Waals surface area contributed by atoms with Crippen LogP contribution in [0.15, 0.2) is 90.0 Å². The highest BCUT2D eigenvalue weighted by Gasteiger charge is 2.25. The monoisotopic (exact) mass is 483 g/mol. The van der Waals surface area contributed by atoms with Crippen molar-refractivity contribution in [2.24, 2.45) is 5.10 Å². The Morgan fingerprint density at radius 3 is 2.22 bits per heavy atom. The third-order valence-electron chi connectivity index (χ3n) is 5.19. The summed E-state index contributed by atoms with van der Waals surface area (Å²) in [5, 5.41) is 22.4. The van der Waals surface area contributed by atoms with Crippen molar-refractivity contribution >= 4 is 23.3 Å². The lowest BCUT2D eigenvalue weighted by Crippen LogP contribution is -2.21. The number of ether oxygens (including phenoxy) is 1. The molecule has 10 nitrogen and oxygen atoms in total. The van der Waals surface area contributed by atoms with Crippen LogP contribution in [0.4, 0.5) is 5.69 Å². The van der Waals surface area contributed by atoms with E-state index in [0.717, 1.165) is 0 Å². The van der Waals surface area contributed by atoms with Crippen molar-refractivity contribution in [1.29, 1.82) is 0 Å². The molecule has 180 valence electrons. The first-order valence-electron chi connectivity index (χ1n) is 11.0. The molecule has 1 aromatic heterocycles. The predicted molar refractivity (Wildman–Crippen MR) is 133 cm³/mol. The quantitative estimate of drug-likeness (QED) is 0.165. The number of nitrogens with one attached hydrogen (secondary N) is 2. The first kappa shape index (κ1) is 24.0. The number of benzene rings is 3. The highest BCUT2D eigenvalue weighted by Crippen LogP contribution is 2.29. The second-order valence-electron chi connectivity index (χ2n) is 7.48. The fourth-order valence-electron chi connectivity index (χ4n) is 3.51. The molecule has 0 aliphatic rings. The molecule has 2 N–H and O–H groups in total. The number of hydrogen-bond acceptors (Lipinski definition) is 7. The van der Waals surface area contributed by atoms with Gasteiger partial charge in [0.15, 0.2) is 5.69 Å². The van der Waals surface area contributed by atoms with Crippen molar-refractivity contribution in [2.75, 3.05) is 6.61 Å². The van der Waals surface area contributed by atoms with Crippen LogP contribution in [-0.4, -0.2) is 39.3 Å². The van der Waals surface area contributed by atoms with Crippen LogP contribution in [0.2, 0.25) is 0 Å². The summed E-state index contributed by atoms with van der Waals surface area (Å²) >= 11 is 0. The number of nitrogens with zero attached hydrogens (tertiary/aromatic N) is 3. The molecule has 10 heteroatoms. The number of hydrogen-bond donors (Lipinski definition) is 2. The van der Waals surface area contributed by atoms with Gasteiger partial charge < -0.3 is 4.74 Å². The first-order chi connectivity index (χ1) is 17.5.